The number of urea groups is 1. The molecule has 0 radical (unpaired) electrons. The van der Waals surface area contributed by atoms with Gasteiger partial charge in [0.2, 0.25) is 12.7 Å². The minimum absolute atomic E-state index is 0.0676. The second kappa shape index (κ2) is 8.78. The Morgan fingerprint density at radius 2 is 1.90 bits per heavy atom. The first-order valence-corrected chi connectivity index (χ1v) is 11.4. The van der Waals surface area contributed by atoms with Crippen LogP contribution in [-0.4, -0.2) is 46.7 Å². The molecule has 0 bridgehead atoms. The number of ether oxygens (including phenoxy) is 2. The Kier molecular flexibility index (Phi) is 6.09. The van der Waals surface area contributed by atoms with Crippen molar-refractivity contribution in [3.8, 4) is 11.5 Å². The smallest absolute Gasteiger partial charge is 0.318 e. The van der Waals surface area contributed by atoms with Gasteiger partial charge in [-0.05, 0) is 62.8 Å². The zero-order valence-electron chi connectivity index (χ0n) is 18.2. The van der Waals surface area contributed by atoms with E-state index in [2.05, 4.69) is 5.32 Å². The number of thiophene rings is 1. The fourth-order valence-electron chi connectivity index (χ4n) is 3.47. The molecule has 166 valence electrons. The van der Waals surface area contributed by atoms with Crippen LogP contribution in [0.4, 0.5) is 4.79 Å². The highest BCUT2D eigenvalue weighted by Crippen LogP contribution is 2.33. The van der Waals surface area contributed by atoms with Gasteiger partial charge in [0.05, 0.1) is 6.54 Å². The summed E-state index contributed by atoms with van der Waals surface area (Å²) in [5.41, 5.74) is 0.613. The van der Waals surface area contributed by atoms with Crippen LogP contribution in [-0.2, 0) is 17.9 Å². The maximum atomic E-state index is 13.4. The van der Waals surface area contributed by atoms with Crippen LogP contribution in [0, 0.1) is 0 Å². The van der Waals surface area contributed by atoms with Crippen molar-refractivity contribution < 1.29 is 19.1 Å². The molecule has 1 saturated carbocycles. The SMILES string of the molecule is CC(C)(C)NC(=O)N(CC(=O)N(Cc1ccc2c(c1)OCO2)Cc1cccs1)C1CC1. The van der Waals surface area contributed by atoms with Crippen molar-refractivity contribution in [3.05, 3.63) is 46.2 Å². The van der Waals surface area contributed by atoms with E-state index in [0.717, 1.165) is 29.0 Å². The standard InChI is InChI=1S/C23H29N3O4S/c1-23(2,3)24-22(28)26(17-7-8-17)14-21(27)25(13-18-5-4-10-31-18)12-16-6-9-19-20(11-16)30-15-29-19/h4-6,9-11,17H,7-8,12-15H2,1-3H3,(H,24,28). The second-order valence-electron chi connectivity index (χ2n) is 9.06. The number of rotatable bonds is 7. The number of fused-ring (bicyclic) bond motifs is 1. The van der Waals surface area contributed by atoms with Gasteiger partial charge in [0.15, 0.2) is 11.5 Å². The third kappa shape index (κ3) is 5.70. The Balaban J connectivity index is 1.49. The first-order chi connectivity index (χ1) is 14.8. The molecule has 2 heterocycles. The molecule has 1 aromatic carbocycles. The van der Waals surface area contributed by atoms with E-state index in [1.54, 1.807) is 16.2 Å². The fourth-order valence-corrected chi connectivity index (χ4v) is 4.19. The lowest BCUT2D eigenvalue weighted by Crippen LogP contribution is -2.52. The number of carbonyl (C=O) groups is 2. The van der Waals surface area contributed by atoms with E-state index >= 15 is 0 Å². The van der Waals surface area contributed by atoms with Crippen molar-refractivity contribution in [1.29, 1.82) is 0 Å². The van der Waals surface area contributed by atoms with Crippen molar-refractivity contribution >= 4 is 23.3 Å². The third-order valence-corrected chi connectivity index (χ3v) is 5.99. The van der Waals surface area contributed by atoms with Gasteiger partial charge in [-0.2, -0.15) is 0 Å². The summed E-state index contributed by atoms with van der Waals surface area (Å²) in [6, 6.07) is 9.71. The highest BCUT2D eigenvalue weighted by Gasteiger charge is 2.36. The minimum atomic E-state index is -0.351. The molecular weight excluding hydrogens is 414 g/mol. The van der Waals surface area contributed by atoms with Crippen LogP contribution in [0.3, 0.4) is 0 Å². The van der Waals surface area contributed by atoms with Crippen molar-refractivity contribution in [3.63, 3.8) is 0 Å². The number of nitrogens with one attached hydrogen (secondary N) is 1. The molecule has 1 aliphatic carbocycles. The van der Waals surface area contributed by atoms with E-state index in [-0.39, 0.29) is 36.9 Å². The van der Waals surface area contributed by atoms with Gasteiger partial charge >= 0.3 is 6.03 Å². The topological polar surface area (TPSA) is 71.1 Å². The summed E-state index contributed by atoms with van der Waals surface area (Å²) in [6.45, 7) is 7.07. The molecular formula is C23H29N3O4S. The van der Waals surface area contributed by atoms with E-state index in [1.807, 2.05) is 61.4 Å². The minimum Gasteiger partial charge on any atom is -0.454 e. The second-order valence-corrected chi connectivity index (χ2v) is 10.1. The van der Waals surface area contributed by atoms with Gasteiger partial charge in [0.1, 0.15) is 6.54 Å². The van der Waals surface area contributed by atoms with Crippen molar-refractivity contribution in [1.82, 2.24) is 15.1 Å². The highest BCUT2D eigenvalue weighted by atomic mass is 32.1. The maximum Gasteiger partial charge on any atom is 0.318 e. The summed E-state index contributed by atoms with van der Waals surface area (Å²) in [4.78, 5) is 30.8. The van der Waals surface area contributed by atoms with Crippen LogP contribution < -0.4 is 14.8 Å². The Labute approximate surface area is 186 Å². The van der Waals surface area contributed by atoms with Crippen LogP contribution >= 0.6 is 11.3 Å². The van der Waals surface area contributed by atoms with Gasteiger partial charge in [-0.1, -0.05) is 12.1 Å². The molecule has 1 fully saturated rings. The largest absolute Gasteiger partial charge is 0.454 e. The Morgan fingerprint density at radius 3 is 2.58 bits per heavy atom. The lowest BCUT2D eigenvalue weighted by molar-refractivity contribution is -0.133. The van der Waals surface area contributed by atoms with Crippen molar-refractivity contribution in [2.45, 2.75) is 58.3 Å². The molecule has 3 amide bonds. The van der Waals surface area contributed by atoms with E-state index in [9.17, 15) is 9.59 Å². The van der Waals surface area contributed by atoms with Gasteiger partial charge in [-0.3, -0.25) is 4.79 Å². The first kappa shape index (κ1) is 21.5. The molecule has 7 nitrogen and oxygen atoms in total. The molecule has 1 aromatic heterocycles. The molecule has 0 atom stereocenters. The molecule has 1 aliphatic heterocycles. The Morgan fingerprint density at radius 1 is 1.13 bits per heavy atom. The number of hydrogen-bond donors (Lipinski definition) is 1. The molecule has 2 aliphatic rings. The van der Waals surface area contributed by atoms with E-state index < -0.39 is 0 Å². The third-order valence-electron chi connectivity index (χ3n) is 5.13. The predicted octanol–water partition coefficient (Wildman–Crippen LogP) is 3.98. The van der Waals surface area contributed by atoms with E-state index in [4.69, 9.17) is 9.47 Å². The van der Waals surface area contributed by atoms with Crippen LogP contribution in [0.15, 0.2) is 35.7 Å². The van der Waals surface area contributed by atoms with Gasteiger partial charge in [0, 0.05) is 23.0 Å². The molecule has 4 rings (SSSR count). The average molecular weight is 444 g/mol. The normalized spacial score (nSPS) is 14.9. The predicted molar refractivity (Wildman–Crippen MR) is 119 cm³/mol. The van der Waals surface area contributed by atoms with Crippen molar-refractivity contribution in [2.75, 3.05) is 13.3 Å². The van der Waals surface area contributed by atoms with Gasteiger partial charge < -0.3 is 24.6 Å². The Hall–Kier alpha value is -2.74. The number of carbonyl (C=O) groups excluding carboxylic acids is 2. The number of nitrogens with zero attached hydrogens (tertiary/aromatic N) is 2. The molecule has 8 heteroatoms. The monoisotopic (exact) mass is 443 g/mol. The quantitative estimate of drug-likeness (QED) is 0.703. The summed E-state index contributed by atoms with van der Waals surface area (Å²) in [5, 5.41) is 5.00. The average Bonchev–Trinajstić information content (AvgIpc) is 3.20. The lowest BCUT2D eigenvalue weighted by atomic mass is 10.1. The zero-order valence-corrected chi connectivity index (χ0v) is 19.0. The van der Waals surface area contributed by atoms with Crippen LogP contribution in [0.25, 0.3) is 0 Å². The number of amides is 3. The van der Waals surface area contributed by atoms with Gasteiger partial charge in [-0.15, -0.1) is 11.3 Å². The van der Waals surface area contributed by atoms with Crippen LogP contribution in [0.2, 0.25) is 0 Å². The molecule has 1 N–H and O–H groups in total. The molecule has 31 heavy (non-hydrogen) atoms. The zero-order chi connectivity index (χ0) is 22.0. The summed E-state index contributed by atoms with van der Waals surface area (Å²) in [6.07, 6.45) is 1.88. The van der Waals surface area contributed by atoms with Gasteiger partial charge in [0.25, 0.3) is 0 Å². The fraction of sp³-hybridized carbons (Fsp3) is 0.478. The summed E-state index contributed by atoms with van der Waals surface area (Å²) in [7, 11) is 0. The van der Waals surface area contributed by atoms with E-state index in [0.29, 0.717) is 18.8 Å². The number of benzene rings is 1. The number of hydrogen-bond acceptors (Lipinski definition) is 5. The lowest BCUT2D eigenvalue weighted by Gasteiger charge is -2.30. The summed E-state index contributed by atoms with van der Waals surface area (Å²) < 4.78 is 10.9. The molecule has 0 spiro atoms. The van der Waals surface area contributed by atoms with Crippen LogP contribution in [0.1, 0.15) is 44.1 Å². The molecule has 0 unspecified atom stereocenters. The Bertz CT molecular complexity index is 935. The summed E-state index contributed by atoms with van der Waals surface area (Å²) >= 11 is 1.62. The maximum absolute atomic E-state index is 13.4. The van der Waals surface area contributed by atoms with E-state index in [1.165, 1.54) is 0 Å². The van der Waals surface area contributed by atoms with Crippen LogP contribution in [0.5, 0.6) is 11.5 Å². The first-order valence-electron chi connectivity index (χ1n) is 10.6. The highest BCUT2D eigenvalue weighted by molar-refractivity contribution is 7.09. The summed E-state index contributed by atoms with van der Waals surface area (Å²) in [5.74, 6) is 1.35. The van der Waals surface area contributed by atoms with Gasteiger partial charge in [-0.25, -0.2) is 4.79 Å². The molecule has 2 aromatic rings. The molecule has 0 saturated heterocycles. The van der Waals surface area contributed by atoms with Crippen molar-refractivity contribution in [2.24, 2.45) is 0 Å².